The molecule has 3 rings (SSSR count). The normalized spacial score (nSPS) is 19.5. The number of anilines is 1. The zero-order valence-electron chi connectivity index (χ0n) is 11.1. The van der Waals surface area contributed by atoms with E-state index in [1.807, 2.05) is 42.5 Å². The summed E-state index contributed by atoms with van der Waals surface area (Å²) < 4.78 is 22.5. The zero-order valence-corrected chi connectivity index (χ0v) is 11.9. The summed E-state index contributed by atoms with van der Waals surface area (Å²) in [6.45, 7) is 0. The van der Waals surface area contributed by atoms with Gasteiger partial charge in [-0.05, 0) is 29.0 Å². The number of hydrogen-bond donors (Lipinski definition) is 2. The van der Waals surface area contributed by atoms with Gasteiger partial charge >= 0.3 is 6.03 Å². The van der Waals surface area contributed by atoms with Crippen molar-refractivity contribution < 1.29 is 13.2 Å². The Kier molecular flexibility index (Phi) is 3.39. The van der Waals surface area contributed by atoms with E-state index in [1.165, 1.54) is 6.08 Å². The Labute approximate surface area is 122 Å². The maximum absolute atomic E-state index is 11.9. The highest BCUT2D eigenvalue weighted by atomic mass is 32.2. The van der Waals surface area contributed by atoms with Gasteiger partial charge in [0.05, 0.1) is 11.8 Å². The number of urea groups is 1. The Balaban J connectivity index is 1.68. The van der Waals surface area contributed by atoms with E-state index in [9.17, 15) is 13.2 Å². The molecule has 1 unspecified atom stereocenters. The van der Waals surface area contributed by atoms with E-state index in [2.05, 4.69) is 10.6 Å². The third-order valence-corrected chi connectivity index (χ3v) is 4.65. The molecular weight excluding hydrogens is 288 g/mol. The molecule has 0 fully saturated rings. The van der Waals surface area contributed by atoms with E-state index in [0.29, 0.717) is 5.69 Å². The second-order valence-electron chi connectivity index (χ2n) is 4.92. The molecule has 0 bridgehead atoms. The first-order valence-electron chi connectivity index (χ1n) is 6.49. The second-order valence-corrected chi connectivity index (χ2v) is 6.86. The van der Waals surface area contributed by atoms with Crippen molar-refractivity contribution in [1.29, 1.82) is 0 Å². The summed E-state index contributed by atoms with van der Waals surface area (Å²) >= 11 is 0. The van der Waals surface area contributed by atoms with E-state index in [0.717, 1.165) is 16.2 Å². The van der Waals surface area contributed by atoms with E-state index < -0.39 is 21.9 Å². The molecule has 0 saturated heterocycles. The van der Waals surface area contributed by atoms with Gasteiger partial charge in [0.25, 0.3) is 0 Å². The van der Waals surface area contributed by atoms with E-state index in [1.54, 1.807) is 0 Å². The molecule has 5 nitrogen and oxygen atoms in total. The lowest BCUT2D eigenvalue weighted by atomic mass is 10.1. The van der Waals surface area contributed by atoms with Gasteiger partial charge in [-0.25, -0.2) is 13.2 Å². The summed E-state index contributed by atoms with van der Waals surface area (Å²) in [4.78, 5) is 11.9. The first kappa shape index (κ1) is 13.6. The van der Waals surface area contributed by atoms with Gasteiger partial charge in [-0.15, -0.1) is 0 Å². The predicted octanol–water partition coefficient (Wildman–Crippen LogP) is 2.27. The number of fused-ring (bicyclic) bond motifs is 1. The molecule has 2 amide bonds. The van der Waals surface area contributed by atoms with Crippen molar-refractivity contribution in [3.8, 4) is 0 Å². The minimum absolute atomic E-state index is 0.0852. The fourth-order valence-corrected chi connectivity index (χ4v) is 3.50. The van der Waals surface area contributed by atoms with Crippen molar-refractivity contribution >= 4 is 32.3 Å². The number of benzene rings is 2. The molecule has 0 aliphatic carbocycles. The van der Waals surface area contributed by atoms with Crippen molar-refractivity contribution in [2.75, 3.05) is 11.1 Å². The molecule has 0 radical (unpaired) electrons. The smallest absolute Gasteiger partial charge is 0.319 e. The van der Waals surface area contributed by atoms with Crippen LogP contribution < -0.4 is 10.6 Å². The van der Waals surface area contributed by atoms with Crippen LogP contribution in [0.5, 0.6) is 0 Å². The van der Waals surface area contributed by atoms with E-state index in [4.69, 9.17) is 0 Å². The third kappa shape index (κ3) is 3.22. The van der Waals surface area contributed by atoms with Gasteiger partial charge in [0.1, 0.15) is 0 Å². The van der Waals surface area contributed by atoms with Crippen LogP contribution in [0, 0.1) is 0 Å². The summed E-state index contributed by atoms with van der Waals surface area (Å²) in [5, 5.41) is 8.57. The van der Waals surface area contributed by atoms with Crippen molar-refractivity contribution in [3.63, 3.8) is 0 Å². The van der Waals surface area contributed by atoms with Gasteiger partial charge in [-0.1, -0.05) is 30.3 Å². The number of carbonyl (C=O) groups is 1. The molecule has 1 aliphatic rings. The van der Waals surface area contributed by atoms with Crippen molar-refractivity contribution in [2.45, 2.75) is 6.04 Å². The van der Waals surface area contributed by atoms with Crippen molar-refractivity contribution in [2.24, 2.45) is 0 Å². The van der Waals surface area contributed by atoms with Crippen LogP contribution in [0.3, 0.4) is 0 Å². The predicted molar refractivity (Wildman–Crippen MR) is 82.8 cm³/mol. The van der Waals surface area contributed by atoms with Crippen LogP contribution in [0.25, 0.3) is 10.8 Å². The van der Waals surface area contributed by atoms with Gasteiger partial charge < -0.3 is 10.6 Å². The number of nitrogens with one attached hydrogen (secondary N) is 2. The molecule has 108 valence electrons. The van der Waals surface area contributed by atoms with Crippen LogP contribution in [0.1, 0.15) is 0 Å². The minimum atomic E-state index is -3.17. The van der Waals surface area contributed by atoms with Crippen LogP contribution in [-0.2, 0) is 9.84 Å². The van der Waals surface area contributed by atoms with Gasteiger partial charge in [0.15, 0.2) is 9.84 Å². The Hall–Kier alpha value is -2.34. The lowest BCUT2D eigenvalue weighted by molar-refractivity contribution is 0.251. The fraction of sp³-hybridized carbons (Fsp3) is 0.133. The number of rotatable bonds is 2. The molecule has 1 heterocycles. The van der Waals surface area contributed by atoms with Crippen molar-refractivity contribution in [1.82, 2.24) is 5.32 Å². The largest absolute Gasteiger partial charge is 0.331 e. The molecule has 0 spiro atoms. The fourth-order valence-electron chi connectivity index (χ4n) is 2.27. The van der Waals surface area contributed by atoms with Gasteiger partial charge in [-0.3, -0.25) is 0 Å². The molecule has 2 N–H and O–H groups in total. The van der Waals surface area contributed by atoms with Crippen LogP contribution in [0.15, 0.2) is 53.9 Å². The first-order valence-corrected chi connectivity index (χ1v) is 8.21. The topological polar surface area (TPSA) is 75.3 Å². The second kappa shape index (κ2) is 5.21. The Morgan fingerprint density at radius 1 is 1.10 bits per heavy atom. The summed E-state index contributed by atoms with van der Waals surface area (Å²) in [5.74, 6) is -0.0852. The third-order valence-electron chi connectivity index (χ3n) is 3.25. The average Bonchev–Trinajstić information content (AvgIpc) is 2.77. The van der Waals surface area contributed by atoms with Crippen molar-refractivity contribution in [3.05, 3.63) is 53.9 Å². The van der Waals surface area contributed by atoms with E-state index in [-0.39, 0.29) is 5.75 Å². The SMILES string of the molecule is O=C(Nc1ccc2ccccc2c1)NC1C=CS(=O)(=O)C1. The molecule has 2 aromatic carbocycles. The van der Waals surface area contributed by atoms with Crippen LogP contribution in [0.2, 0.25) is 0 Å². The number of amides is 2. The van der Waals surface area contributed by atoms with E-state index >= 15 is 0 Å². The van der Waals surface area contributed by atoms with Crippen LogP contribution in [-0.4, -0.2) is 26.2 Å². The monoisotopic (exact) mass is 302 g/mol. The Bertz CT molecular complexity index is 828. The van der Waals surface area contributed by atoms with Crippen LogP contribution >= 0.6 is 0 Å². The number of hydrogen-bond acceptors (Lipinski definition) is 3. The average molecular weight is 302 g/mol. The van der Waals surface area contributed by atoms with Gasteiger partial charge in [0.2, 0.25) is 0 Å². The minimum Gasteiger partial charge on any atom is -0.331 e. The molecule has 2 aromatic rings. The molecule has 6 heteroatoms. The zero-order chi connectivity index (χ0) is 14.9. The molecule has 1 atom stereocenters. The van der Waals surface area contributed by atoms with Crippen LogP contribution in [0.4, 0.5) is 10.5 Å². The quantitative estimate of drug-likeness (QED) is 0.893. The summed E-state index contributed by atoms with van der Waals surface area (Å²) in [6.07, 6.45) is 1.48. The Morgan fingerprint density at radius 2 is 1.86 bits per heavy atom. The highest BCUT2D eigenvalue weighted by Crippen LogP contribution is 2.18. The summed E-state index contributed by atoms with van der Waals surface area (Å²) in [6, 6.07) is 12.5. The van der Waals surface area contributed by atoms with Gasteiger partial charge in [-0.2, -0.15) is 0 Å². The highest BCUT2D eigenvalue weighted by Gasteiger charge is 2.22. The molecule has 21 heavy (non-hydrogen) atoms. The lowest BCUT2D eigenvalue weighted by Gasteiger charge is -2.11. The first-order chi connectivity index (χ1) is 10.0. The van der Waals surface area contributed by atoms with Gasteiger partial charge in [0, 0.05) is 11.1 Å². The summed E-state index contributed by atoms with van der Waals surface area (Å²) in [5.41, 5.74) is 0.663. The summed E-state index contributed by atoms with van der Waals surface area (Å²) in [7, 11) is -3.17. The standard InChI is InChI=1S/C15H14N2O3S/c18-15(17-14-7-8-21(19,20)10-14)16-13-6-5-11-3-1-2-4-12(11)9-13/h1-9,14H,10H2,(H2,16,17,18). The number of carbonyl (C=O) groups excluding carboxylic acids is 1. The maximum Gasteiger partial charge on any atom is 0.319 e. The molecule has 1 aliphatic heterocycles. The molecular formula is C15H14N2O3S. The molecule has 0 saturated carbocycles. The maximum atomic E-state index is 11.9. The number of sulfone groups is 1. The molecule has 0 aromatic heterocycles. The lowest BCUT2D eigenvalue weighted by Crippen LogP contribution is -2.38. The Morgan fingerprint density at radius 3 is 2.57 bits per heavy atom. The highest BCUT2D eigenvalue weighted by molar-refractivity contribution is 7.94.